The van der Waals surface area contributed by atoms with E-state index in [1.807, 2.05) is 6.92 Å². The molecule has 19 heteroatoms. The largest absolute Gasteiger partial charge is 0.459 e. The number of fused-ring (bicyclic) bond motifs is 5. The molecular formula is C49H76O19. The first-order valence-electron chi connectivity index (χ1n) is 25.2. The molecule has 19 nitrogen and oxygen atoms in total. The van der Waals surface area contributed by atoms with Crippen LogP contribution < -0.4 is 0 Å². The van der Waals surface area contributed by atoms with Gasteiger partial charge in [-0.2, -0.15) is 0 Å². The first-order valence-corrected chi connectivity index (χ1v) is 25.2. The van der Waals surface area contributed by atoms with Gasteiger partial charge in [0.25, 0.3) is 0 Å². The molecule has 68 heavy (non-hydrogen) atoms. The van der Waals surface area contributed by atoms with Gasteiger partial charge in [-0.3, -0.25) is 4.79 Å². The third-order valence-corrected chi connectivity index (χ3v) is 18.3. The zero-order chi connectivity index (χ0) is 48.6. The minimum absolute atomic E-state index is 0.0126. The average molecular weight is 969 g/mol. The van der Waals surface area contributed by atoms with Crippen molar-refractivity contribution in [3.63, 3.8) is 0 Å². The number of carbonyl (C=O) groups excluding carboxylic acids is 2. The van der Waals surface area contributed by atoms with Crippen molar-refractivity contribution in [3.8, 4) is 0 Å². The van der Waals surface area contributed by atoms with Gasteiger partial charge in [0.15, 0.2) is 25.2 Å². The third kappa shape index (κ3) is 9.36. The molecule has 9 rings (SSSR count). The SMILES string of the molecule is CC(=O)O[C@H]1C[C@H](O[C@@H]2[C@@H](O)C[C@H](O[C@@H]3[C@@H](O)C[C@H](O[C@H]4CC[C@@]5(C)[C@@H](CC[C@@H]6[C@H]5CC[C@]5(C)[C@@H](C7=CC(=O)OC7)CC[C@]65O)C4)O[C@@H]3C)O[C@@H]2C)O[C@H](C)[C@H]1O[C@H]1O[C@H](CO)[C@@H](O)[C@H](O)[C@H]1O. The molecule has 0 spiro atoms. The molecule has 0 aromatic heterocycles. The van der Waals surface area contributed by atoms with Crippen LogP contribution in [0.5, 0.6) is 0 Å². The lowest BCUT2D eigenvalue weighted by atomic mass is 9.43. The Labute approximate surface area is 398 Å². The Morgan fingerprint density at radius 3 is 1.94 bits per heavy atom. The van der Waals surface area contributed by atoms with Crippen LogP contribution in [0, 0.1) is 34.5 Å². The van der Waals surface area contributed by atoms with Crippen molar-refractivity contribution in [1.29, 1.82) is 0 Å². The summed E-state index contributed by atoms with van der Waals surface area (Å²) in [5, 5.41) is 76.1. The lowest BCUT2D eigenvalue weighted by Gasteiger charge is -2.64. The fourth-order valence-electron chi connectivity index (χ4n) is 14.6. The average Bonchev–Trinajstić information content (AvgIpc) is 3.83. The van der Waals surface area contributed by atoms with Crippen molar-refractivity contribution in [1.82, 2.24) is 0 Å². The Bertz CT molecular complexity index is 1810. The van der Waals surface area contributed by atoms with Crippen molar-refractivity contribution < 1.29 is 92.7 Å². The van der Waals surface area contributed by atoms with E-state index in [0.717, 1.165) is 63.4 Å². The molecule has 0 aromatic rings. The molecule has 5 heterocycles. The zero-order valence-electron chi connectivity index (χ0n) is 40.2. The van der Waals surface area contributed by atoms with Crippen LogP contribution in [0.25, 0.3) is 0 Å². The van der Waals surface area contributed by atoms with E-state index in [1.54, 1.807) is 19.9 Å². The summed E-state index contributed by atoms with van der Waals surface area (Å²) in [4.78, 5) is 24.2. The number of ether oxygens (including phenoxy) is 10. The van der Waals surface area contributed by atoms with E-state index in [4.69, 9.17) is 47.4 Å². The number of aliphatic hydroxyl groups is 7. The number of cyclic esters (lactones) is 1. The highest BCUT2D eigenvalue weighted by molar-refractivity contribution is 5.85. The normalized spacial score (nSPS) is 52.8. The summed E-state index contributed by atoms with van der Waals surface area (Å²) >= 11 is 0. The predicted molar refractivity (Wildman–Crippen MR) is 233 cm³/mol. The van der Waals surface area contributed by atoms with Crippen LogP contribution in [0.2, 0.25) is 0 Å². The van der Waals surface area contributed by atoms with Gasteiger partial charge < -0.3 is 83.1 Å². The molecule has 5 aliphatic heterocycles. The van der Waals surface area contributed by atoms with Crippen molar-refractivity contribution in [2.45, 2.75) is 235 Å². The molecule has 0 bridgehead atoms. The monoisotopic (exact) mass is 968 g/mol. The Hall–Kier alpha value is -1.92. The quantitative estimate of drug-likeness (QED) is 0.115. The van der Waals surface area contributed by atoms with E-state index < -0.39 is 123 Å². The van der Waals surface area contributed by atoms with Gasteiger partial charge in [0, 0.05) is 37.7 Å². The van der Waals surface area contributed by atoms with E-state index in [9.17, 15) is 45.3 Å². The summed E-state index contributed by atoms with van der Waals surface area (Å²) in [6, 6.07) is 0. The highest BCUT2D eigenvalue weighted by Crippen LogP contribution is 2.70. The van der Waals surface area contributed by atoms with Gasteiger partial charge in [-0.1, -0.05) is 13.8 Å². The Morgan fingerprint density at radius 1 is 0.706 bits per heavy atom. The summed E-state index contributed by atoms with van der Waals surface area (Å²) in [5.41, 5.74) is 0.0925. The van der Waals surface area contributed by atoms with E-state index in [1.165, 1.54) is 6.92 Å². The lowest BCUT2D eigenvalue weighted by molar-refractivity contribution is -0.355. The Morgan fingerprint density at radius 2 is 1.34 bits per heavy atom. The maximum atomic E-state index is 12.6. The topological polar surface area (TPSA) is 268 Å². The van der Waals surface area contributed by atoms with Crippen molar-refractivity contribution in [2.24, 2.45) is 34.5 Å². The smallest absolute Gasteiger partial charge is 0.331 e. The highest BCUT2D eigenvalue weighted by atomic mass is 16.8. The van der Waals surface area contributed by atoms with Crippen LogP contribution in [0.4, 0.5) is 0 Å². The van der Waals surface area contributed by atoms with E-state index in [0.29, 0.717) is 18.4 Å². The molecule has 4 aliphatic carbocycles. The van der Waals surface area contributed by atoms with Crippen LogP contribution in [-0.4, -0.2) is 177 Å². The lowest BCUT2D eigenvalue weighted by Crippen LogP contribution is -2.62. The molecule has 25 atom stereocenters. The van der Waals surface area contributed by atoms with Crippen molar-refractivity contribution in [2.75, 3.05) is 13.2 Å². The van der Waals surface area contributed by atoms with E-state index in [2.05, 4.69) is 13.8 Å². The number of hydrogen-bond donors (Lipinski definition) is 7. The summed E-state index contributed by atoms with van der Waals surface area (Å²) in [7, 11) is 0. The second kappa shape index (κ2) is 19.8. The second-order valence-electron chi connectivity index (χ2n) is 22.1. The van der Waals surface area contributed by atoms with Gasteiger partial charge in [0.2, 0.25) is 0 Å². The molecule has 0 amide bonds. The summed E-state index contributed by atoms with van der Waals surface area (Å²) < 4.78 is 60.2. The minimum atomic E-state index is -1.68. The molecule has 9 aliphatic rings. The molecule has 386 valence electrons. The number of hydrogen-bond acceptors (Lipinski definition) is 19. The molecule has 4 saturated carbocycles. The summed E-state index contributed by atoms with van der Waals surface area (Å²) in [6.07, 6.45) is -7.65. The van der Waals surface area contributed by atoms with Crippen LogP contribution in [0.3, 0.4) is 0 Å². The maximum Gasteiger partial charge on any atom is 0.331 e. The van der Waals surface area contributed by atoms with Crippen molar-refractivity contribution in [3.05, 3.63) is 11.6 Å². The van der Waals surface area contributed by atoms with Crippen LogP contribution in [0.1, 0.15) is 119 Å². The fourth-order valence-corrected chi connectivity index (χ4v) is 14.6. The van der Waals surface area contributed by atoms with Gasteiger partial charge in [0.05, 0.1) is 48.8 Å². The summed E-state index contributed by atoms with van der Waals surface area (Å²) in [6.45, 7) is 10.8. The predicted octanol–water partition coefficient (Wildman–Crippen LogP) is 1.64. The second-order valence-corrected chi connectivity index (χ2v) is 22.1. The van der Waals surface area contributed by atoms with E-state index in [-0.39, 0.29) is 54.0 Å². The molecule has 0 unspecified atom stereocenters. The van der Waals surface area contributed by atoms with E-state index >= 15 is 0 Å². The molecule has 8 fully saturated rings. The molecule has 0 aromatic carbocycles. The molecule has 7 N–H and O–H groups in total. The van der Waals surface area contributed by atoms with Crippen molar-refractivity contribution >= 4 is 11.9 Å². The molecule has 0 radical (unpaired) electrons. The number of aliphatic hydroxyl groups excluding tert-OH is 6. The third-order valence-electron chi connectivity index (χ3n) is 18.3. The first-order chi connectivity index (χ1) is 32.2. The van der Waals surface area contributed by atoms with Crippen LogP contribution >= 0.6 is 0 Å². The maximum absolute atomic E-state index is 12.6. The van der Waals surface area contributed by atoms with Crippen LogP contribution in [-0.2, 0) is 57.0 Å². The fraction of sp³-hybridized carbons (Fsp3) is 0.918. The van der Waals surface area contributed by atoms with Gasteiger partial charge in [-0.25, -0.2) is 4.79 Å². The standard InChI is InChI=1S/C49H76O19/c1-22-43(66-38-18-33(53)44(23(2)61-38)67-39-19-34(63-25(4)51)45(24(3)62-39)68-46-42(57)41(56)40(55)35(20-50)65-46)32(52)17-37(60-22)64-28-9-12-47(5)27(16-28)7-8-31-30(47)10-13-48(6)29(11-14-49(31,48)58)26-15-36(54)59-21-26/h15,22-24,27-35,37-46,50,52-53,55-58H,7-14,16-21H2,1-6H3/t22-,23-,24-,27+,28+,29-,30-,31-,32+,33+,34+,35-,37+,38+,39+,40-,41+,42-,43+,44+,45-,46-,47+,48-,49+/m1/s1. The molecule has 4 saturated heterocycles. The Kier molecular flexibility index (Phi) is 14.9. The number of carbonyl (C=O) groups is 2. The number of esters is 2. The zero-order valence-corrected chi connectivity index (χ0v) is 40.2. The number of rotatable bonds is 11. The first kappa shape index (κ1) is 51.0. The van der Waals surface area contributed by atoms with Gasteiger partial charge in [0.1, 0.15) is 55.4 Å². The van der Waals surface area contributed by atoms with Crippen LogP contribution in [0.15, 0.2) is 11.6 Å². The van der Waals surface area contributed by atoms with Gasteiger partial charge in [-0.15, -0.1) is 0 Å². The highest BCUT2D eigenvalue weighted by Gasteiger charge is 2.68. The minimum Gasteiger partial charge on any atom is -0.459 e. The summed E-state index contributed by atoms with van der Waals surface area (Å²) in [5.74, 6) is 0.357. The Balaban J connectivity index is 0.746. The molecular weight excluding hydrogens is 893 g/mol. The van der Waals surface area contributed by atoms with Gasteiger partial charge >= 0.3 is 11.9 Å². The van der Waals surface area contributed by atoms with Gasteiger partial charge in [-0.05, 0) is 113 Å².